The molecule has 0 fully saturated rings. The molecular formula is C12H14BrN5O2. The standard InChI is InChI=1S/C12H14BrN5O2/c1-2-5-14-7-10-8-17(16-15-10)11-4-3-9(13)6-12(11)18(19)20/h3-4,6,8,14H,2,5,7H2,1H3. The average Bonchev–Trinajstić information content (AvgIpc) is 2.87. The van der Waals surface area contributed by atoms with Crippen molar-refractivity contribution in [1.29, 1.82) is 0 Å². The van der Waals surface area contributed by atoms with E-state index >= 15 is 0 Å². The lowest BCUT2D eigenvalue weighted by atomic mass is 10.2. The summed E-state index contributed by atoms with van der Waals surface area (Å²) >= 11 is 3.22. The Kier molecular flexibility index (Phi) is 4.80. The molecule has 0 saturated carbocycles. The maximum absolute atomic E-state index is 11.1. The van der Waals surface area contributed by atoms with Crippen molar-refractivity contribution in [3.8, 4) is 5.69 Å². The van der Waals surface area contributed by atoms with Gasteiger partial charge in [-0.2, -0.15) is 0 Å². The number of aromatic nitrogens is 3. The minimum Gasteiger partial charge on any atom is -0.311 e. The molecule has 0 saturated heterocycles. The number of nitrogens with zero attached hydrogens (tertiary/aromatic N) is 4. The van der Waals surface area contributed by atoms with E-state index < -0.39 is 4.92 Å². The number of halogens is 1. The van der Waals surface area contributed by atoms with Crippen molar-refractivity contribution < 1.29 is 4.92 Å². The third-order valence-electron chi connectivity index (χ3n) is 2.65. The lowest BCUT2D eigenvalue weighted by molar-refractivity contribution is -0.384. The number of benzene rings is 1. The van der Waals surface area contributed by atoms with Crippen molar-refractivity contribution in [2.75, 3.05) is 6.54 Å². The van der Waals surface area contributed by atoms with Crippen molar-refractivity contribution in [1.82, 2.24) is 20.3 Å². The highest BCUT2D eigenvalue weighted by atomic mass is 79.9. The Labute approximate surface area is 124 Å². The molecule has 1 heterocycles. The molecule has 20 heavy (non-hydrogen) atoms. The number of rotatable bonds is 6. The van der Waals surface area contributed by atoms with E-state index in [2.05, 4.69) is 38.5 Å². The molecular weight excluding hydrogens is 326 g/mol. The van der Waals surface area contributed by atoms with Crippen molar-refractivity contribution >= 4 is 21.6 Å². The largest absolute Gasteiger partial charge is 0.311 e. The molecule has 0 spiro atoms. The number of nitro benzene ring substituents is 1. The second kappa shape index (κ2) is 6.58. The summed E-state index contributed by atoms with van der Waals surface area (Å²) in [5, 5.41) is 22.2. The molecule has 2 rings (SSSR count). The Morgan fingerprint density at radius 3 is 3.00 bits per heavy atom. The van der Waals surface area contributed by atoms with Gasteiger partial charge in [0.05, 0.1) is 16.8 Å². The lowest BCUT2D eigenvalue weighted by Crippen LogP contribution is -2.13. The zero-order valence-corrected chi connectivity index (χ0v) is 12.5. The van der Waals surface area contributed by atoms with E-state index in [0.717, 1.165) is 18.7 Å². The van der Waals surface area contributed by atoms with Gasteiger partial charge in [0.2, 0.25) is 0 Å². The van der Waals surface area contributed by atoms with Gasteiger partial charge in [0.15, 0.2) is 0 Å². The Balaban J connectivity index is 2.25. The van der Waals surface area contributed by atoms with Crippen LogP contribution in [0.25, 0.3) is 5.69 Å². The zero-order chi connectivity index (χ0) is 14.5. The van der Waals surface area contributed by atoms with Crippen LogP contribution in [-0.4, -0.2) is 26.5 Å². The molecule has 1 aromatic carbocycles. The van der Waals surface area contributed by atoms with Crippen molar-refractivity contribution in [3.05, 3.63) is 44.7 Å². The summed E-state index contributed by atoms with van der Waals surface area (Å²) in [7, 11) is 0. The molecule has 0 aliphatic heterocycles. The molecule has 106 valence electrons. The van der Waals surface area contributed by atoms with Gasteiger partial charge in [-0.15, -0.1) is 5.10 Å². The van der Waals surface area contributed by atoms with E-state index in [1.807, 2.05) is 0 Å². The van der Waals surface area contributed by atoms with Crippen LogP contribution in [-0.2, 0) is 6.54 Å². The highest BCUT2D eigenvalue weighted by Crippen LogP contribution is 2.26. The third kappa shape index (κ3) is 3.40. The normalized spacial score (nSPS) is 10.7. The molecule has 0 unspecified atom stereocenters. The maximum Gasteiger partial charge on any atom is 0.296 e. The van der Waals surface area contributed by atoms with Crippen molar-refractivity contribution in [3.63, 3.8) is 0 Å². The van der Waals surface area contributed by atoms with Crippen LogP contribution in [0.15, 0.2) is 28.9 Å². The summed E-state index contributed by atoms with van der Waals surface area (Å²) in [6.45, 7) is 3.57. The van der Waals surface area contributed by atoms with Crippen LogP contribution in [0.3, 0.4) is 0 Å². The molecule has 0 radical (unpaired) electrons. The van der Waals surface area contributed by atoms with E-state index in [4.69, 9.17) is 0 Å². The molecule has 0 atom stereocenters. The van der Waals surface area contributed by atoms with Gasteiger partial charge >= 0.3 is 0 Å². The van der Waals surface area contributed by atoms with E-state index in [-0.39, 0.29) is 5.69 Å². The molecule has 7 nitrogen and oxygen atoms in total. The van der Waals surface area contributed by atoms with Crippen molar-refractivity contribution in [2.45, 2.75) is 19.9 Å². The minimum atomic E-state index is -0.434. The first-order chi connectivity index (χ1) is 9.61. The van der Waals surface area contributed by atoms with E-state index in [1.165, 1.54) is 10.7 Å². The summed E-state index contributed by atoms with van der Waals surface area (Å²) < 4.78 is 2.07. The van der Waals surface area contributed by atoms with Crippen LogP contribution in [0.4, 0.5) is 5.69 Å². The molecule has 0 aliphatic carbocycles. The minimum absolute atomic E-state index is 0.0163. The summed E-state index contributed by atoms with van der Waals surface area (Å²) in [5.74, 6) is 0. The number of hydrogen-bond acceptors (Lipinski definition) is 5. The first kappa shape index (κ1) is 14.6. The SMILES string of the molecule is CCCNCc1cn(-c2ccc(Br)cc2[N+](=O)[O-])nn1. The third-order valence-corrected chi connectivity index (χ3v) is 3.15. The fourth-order valence-corrected chi connectivity index (χ4v) is 2.08. The average molecular weight is 340 g/mol. The maximum atomic E-state index is 11.1. The topological polar surface area (TPSA) is 85.9 Å². The first-order valence-electron chi connectivity index (χ1n) is 6.18. The molecule has 0 bridgehead atoms. The molecule has 0 amide bonds. The number of nitrogens with one attached hydrogen (secondary N) is 1. The zero-order valence-electron chi connectivity index (χ0n) is 10.9. The van der Waals surface area contributed by atoms with Crippen LogP contribution >= 0.6 is 15.9 Å². The molecule has 1 N–H and O–H groups in total. The Morgan fingerprint density at radius 2 is 2.30 bits per heavy atom. The second-order valence-corrected chi connectivity index (χ2v) is 5.14. The first-order valence-corrected chi connectivity index (χ1v) is 6.97. The van der Waals surface area contributed by atoms with Gasteiger partial charge in [-0.25, -0.2) is 4.68 Å². The van der Waals surface area contributed by atoms with Crippen molar-refractivity contribution in [2.24, 2.45) is 0 Å². The molecule has 8 heteroatoms. The Bertz CT molecular complexity index is 614. The summed E-state index contributed by atoms with van der Waals surface area (Å²) in [4.78, 5) is 10.6. The fourth-order valence-electron chi connectivity index (χ4n) is 1.73. The van der Waals surface area contributed by atoms with Gasteiger partial charge < -0.3 is 5.32 Å². The van der Waals surface area contributed by atoms with Gasteiger partial charge in [-0.1, -0.05) is 28.1 Å². The number of nitro groups is 1. The van der Waals surface area contributed by atoms with Crippen LogP contribution in [0, 0.1) is 10.1 Å². The van der Waals surface area contributed by atoms with Crippen LogP contribution < -0.4 is 5.32 Å². The summed E-state index contributed by atoms with van der Waals surface area (Å²) in [5.41, 5.74) is 1.13. The second-order valence-electron chi connectivity index (χ2n) is 4.22. The lowest BCUT2D eigenvalue weighted by Gasteiger charge is -2.02. The summed E-state index contributed by atoms with van der Waals surface area (Å²) in [6.07, 6.45) is 2.73. The predicted molar refractivity (Wildman–Crippen MR) is 77.7 cm³/mol. The number of hydrogen-bond donors (Lipinski definition) is 1. The van der Waals surface area contributed by atoms with Gasteiger partial charge in [0.25, 0.3) is 5.69 Å². The molecule has 0 aliphatic rings. The molecule has 2 aromatic rings. The van der Waals surface area contributed by atoms with Crippen LogP contribution in [0.5, 0.6) is 0 Å². The van der Waals surface area contributed by atoms with E-state index in [1.54, 1.807) is 18.3 Å². The Hall–Kier alpha value is -1.80. The smallest absolute Gasteiger partial charge is 0.296 e. The monoisotopic (exact) mass is 339 g/mol. The highest BCUT2D eigenvalue weighted by molar-refractivity contribution is 9.10. The highest BCUT2D eigenvalue weighted by Gasteiger charge is 2.17. The van der Waals surface area contributed by atoms with Crippen LogP contribution in [0.1, 0.15) is 19.0 Å². The fraction of sp³-hybridized carbons (Fsp3) is 0.333. The van der Waals surface area contributed by atoms with Gasteiger partial charge in [-0.3, -0.25) is 10.1 Å². The quantitative estimate of drug-likeness (QED) is 0.496. The van der Waals surface area contributed by atoms with Gasteiger partial charge in [0.1, 0.15) is 5.69 Å². The van der Waals surface area contributed by atoms with Crippen LogP contribution in [0.2, 0.25) is 0 Å². The Morgan fingerprint density at radius 1 is 1.50 bits per heavy atom. The van der Waals surface area contributed by atoms with E-state index in [0.29, 0.717) is 16.7 Å². The predicted octanol–water partition coefficient (Wildman–Crippen LogP) is 2.44. The van der Waals surface area contributed by atoms with Gasteiger partial charge in [-0.05, 0) is 25.1 Å². The summed E-state index contributed by atoms with van der Waals surface area (Å²) in [6, 6.07) is 4.82. The molecule has 1 aromatic heterocycles. The van der Waals surface area contributed by atoms with Gasteiger partial charge in [0, 0.05) is 17.1 Å². The van der Waals surface area contributed by atoms with E-state index in [9.17, 15) is 10.1 Å².